The van der Waals surface area contributed by atoms with Gasteiger partial charge < -0.3 is 15.5 Å². The fourth-order valence-electron chi connectivity index (χ4n) is 5.05. The molecule has 3 fully saturated rings. The molecule has 0 radical (unpaired) electrons. The molecule has 0 aromatic carbocycles. The summed E-state index contributed by atoms with van der Waals surface area (Å²) in [6.07, 6.45) is 9.70. The van der Waals surface area contributed by atoms with Gasteiger partial charge in [0, 0.05) is 44.2 Å². The molecule has 0 bridgehead atoms. The number of hydrogen-bond donors (Lipinski definition) is 1. The van der Waals surface area contributed by atoms with Gasteiger partial charge in [0.2, 0.25) is 11.8 Å². The Kier molecular flexibility index (Phi) is 6.79. The molecule has 1 spiro atoms. The smallest absolute Gasteiger partial charge is 0.225 e. The molecule has 1 aromatic rings. The predicted octanol–water partition coefficient (Wildman–Crippen LogP) is 2.07. The van der Waals surface area contributed by atoms with E-state index in [-0.39, 0.29) is 35.7 Å². The summed E-state index contributed by atoms with van der Waals surface area (Å²) in [5.74, 6) is 0.613. The number of aryl methyl sites for hydroxylation is 1. The van der Waals surface area contributed by atoms with Crippen LogP contribution in [0.15, 0.2) is 12.4 Å². The van der Waals surface area contributed by atoms with E-state index in [2.05, 4.69) is 9.97 Å². The average Bonchev–Trinajstić information content (AvgIpc) is 3.13. The van der Waals surface area contributed by atoms with Crippen molar-refractivity contribution in [2.75, 3.05) is 19.6 Å². The van der Waals surface area contributed by atoms with Gasteiger partial charge in [0.15, 0.2) is 0 Å². The lowest BCUT2D eigenvalue weighted by Crippen LogP contribution is -2.52. The maximum absolute atomic E-state index is 12.8. The van der Waals surface area contributed by atoms with Gasteiger partial charge in [-0.25, -0.2) is 0 Å². The third-order valence-corrected chi connectivity index (χ3v) is 6.89. The molecule has 1 aliphatic carbocycles. The van der Waals surface area contributed by atoms with Gasteiger partial charge in [0.05, 0.1) is 24.1 Å². The number of aromatic nitrogens is 2. The van der Waals surface area contributed by atoms with Crippen LogP contribution in [-0.4, -0.2) is 57.3 Å². The number of nitrogens with two attached hydrogens (primary N) is 1. The Balaban J connectivity index is 0.00000240. The lowest BCUT2D eigenvalue weighted by molar-refractivity contribution is -0.144. The number of rotatable bonds is 3. The van der Waals surface area contributed by atoms with Gasteiger partial charge in [-0.15, -0.1) is 12.4 Å². The summed E-state index contributed by atoms with van der Waals surface area (Å²) in [6.45, 7) is 4.80. The number of likely N-dealkylation sites (tertiary alicyclic amines) is 2. The molecule has 2 aliphatic heterocycles. The van der Waals surface area contributed by atoms with Crippen molar-refractivity contribution in [1.29, 1.82) is 0 Å². The highest BCUT2D eigenvalue weighted by molar-refractivity contribution is 5.85. The van der Waals surface area contributed by atoms with E-state index >= 15 is 0 Å². The van der Waals surface area contributed by atoms with E-state index in [4.69, 9.17) is 5.73 Å². The van der Waals surface area contributed by atoms with E-state index in [1.807, 2.05) is 16.7 Å². The highest BCUT2D eigenvalue weighted by atomic mass is 35.5. The van der Waals surface area contributed by atoms with E-state index in [1.54, 1.807) is 12.4 Å². The second kappa shape index (κ2) is 8.96. The SMILES string of the molecule is Cc1cnc(CN2CC3(CCC2=O)CCN(C(=O)[C@H]2CC[C@@H](N)C2)CC3)cn1.Cl. The van der Waals surface area contributed by atoms with Crippen LogP contribution in [0, 0.1) is 18.3 Å². The monoisotopic (exact) mass is 421 g/mol. The molecule has 160 valence electrons. The number of hydrogen-bond acceptors (Lipinski definition) is 5. The first-order valence-electron chi connectivity index (χ1n) is 10.5. The zero-order valence-corrected chi connectivity index (χ0v) is 18.0. The van der Waals surface area contributed by atoms with Crippen LogP contribution < -0.4 is 5.73 Å². The van der Waals surface area contributed by atoms with Crippen molar-refractivity contribution in [2.24, 2.45) is 17.1 Å². The molecule has 7 nitrogen and oxygen atoms in total. The minimum Gasteiger partial charge on any atom is -0.342 e. The van der Waals surface area contributed by atoms with Crippen LogP contribution in [0.3, 0.4) is 0 Å². The van der Waals surface area contributed by atoms with Gasteiger partial charge in [0.25, 0.3) is 0 Å². The standard InChI is InChI=1S/C21H31N5O2.ClH/c1-15-11-24-18(12-23-15)13-26-14-21(5-4-19(26)27)6-8-25(9-7-21)20(28)16-2-3-17(22)10-16;/h11-12,16-17H,2-10,13-14,22H2,1H3;1H/t16-,17+;/m0./s1. The summed E-state index contributed by atoms with van der Waals surface area (Å²) in [7, 11) is 0. The van der Waals surface area contributed by atoms with Crippen molar-refractivity contribution in [2.45, 2.75) is 64.5 Å². The Bertz CT molecular complexity index is 733. The molecule has 2 amide bonds. The van der Waals surface area contributed by atoms with E-state index in [0.717, 1.165) is 69.5 Å². The minimum atomic E-state index is 0. The molecule has 2 saturated heterocycles. The zero-order chi connectivity index (χ0) is 19.7. The largest absolute Gasteiger partial charge is 0.342 e. The van der Waals surface area contributed by atoms with Gasteiger partial charge in [0.1, 0.15) is 0 Å². The second-order valence-corrected chi connectivity index (χ2v) is 8.99. The number of piperidine rings is 2. The highest BCUT2D eigenvalue weighted by Crippen LogP contribution is 2.41. The molecule has 0 unspecified atom stereocenters. The van der Waals surface area contributed by atoms with Crippen molar-refractivity contribution in [3.05, 3.63) is 23.8 Å². The third kappa shape index (κ3) is 4.89. The van der Waals surface area contributed by atoms with Crippen molar-refractivity contribution in [1.82, 2.24) is 19.8 Å². The quantitative estimate of drug-likeness (QED) is 0.806. The van der Waals surface area contributed by atoms with Crippen LogP contribution in [-0.2, 0) is 16.1 Å². The number of amides is 2. The maximum atomic E-state index is 12.8. The molecule has 2 atom stereocenters. The lowest BCUT2D eigenvalue weighted by Gasteiger charge is -2.47. The topological polar surface area (TPSA) is 92.4 Å². The van der Waals surface area contributed by atoms with Crippen LogP contribution in [0.25, 0.3) is 0 Å². The molecule has 8 heteroatoms. The van der Waals surface area contributed by atoms with Gasteiger partial charge in [-0.05, 0) is 50.9 Å². The molecule has 29 heavy (non-hydrogen) atoms. The molecule has 2 N–H and O–H groups in total. The molecule has 1 saturated carbocycles. The van der Waals surface area contributed by atoms with E-state index in [1.165, 1.54) is 0 Å². The molecule has 3 heterocycles. The van der Waals surface area contributed by atoms with Crippen LogP contribution >= 0.6 is 12.4 Å². The van der Waals surface area contributed by atoms with Crippen LogP contribution in [0.1, 0.15) is 56.3 Å². The molecule has 4 rings (SSSR count). The molecular weight excluding hydrogens is 390 g/mol. The first-order valence-corrected chi connectivity index (χ1v) is 10.5. The van der Waals surface area contributed by atoms with Gasteiger partial charge in [-0.3, -0.25) is 19.6 Å². The van der Waals surface area contributed by atoms with Gasteiger partial charge >= 0.3 is 0 Å². The van der Waals surface area contributed by atoms with Crippen LogP contribution in [0.2, 0.25) is 0 Å². The number of carbonyl (C=O) groups excluding carboxylic acids is 2. The predicted molar refractivity (Wildman–Crippen MR) is 112 cm³/mol. The summed E-state index contributed by atoms with van der Waals surface area (Å²) in [5, 5.41) is 0. The van der Waals surface area contributed by atoms with Crippen LogP contribution in [0.4, 0.5) is 0 Å². The Morgan fingerprint density at radius 1 is 1.21 bits per heavy atom. The Labute approximate surface area is 178 Å². The first kappa shape index (κ1) is 22.0. The van der Waals surface area contributed by atoms with Gasteiger partial charge in [-0.2, -0.15) is 0 Å². The summed E-state index contributed by atoms with van der Waals surface area (Å²) in [4.78, 5) is 37.9. The summed E-state index contributed by atoms with van der Waals surface area (Å²) < 4.78 is 0. The number of carbonyl (C=O) groups is 2. The van der Waals surface area contributed by atoms with Crippen LogP contribution in [0.5, 0.6) is 0 Å². The molecule has 1 aromatic heterocycles. The molecule has 3 aliphatic rings. The summed E-state index contributed by atoms with van der Waals surface area (Å²) >= 11 is 0. The van der Waals surface area contributed by atoms with Crippen molar-refractivity contribution in [3.8, 4) is 0 Å². The second-order valence-electron chi connectivity index (χ2n) is 8.99. The van der Waals surface area contributed by atoms with Gasteiger partial charge in [-0.1, -0.05) is 0 Å². The fraction of sp³-hybridized carbons (Fsp3) is 0.714. The van der Waals surface area contributed by atoms with E-state index in [0.29, 0.717) is 18.9 Å². The first-order chi connectivity index (χ1) is 13.4. The van der Waals surface area contributed by atoms with Crippen molar-refractivity contribution >= 4 is 24.2 Å². The van der Waals surface area contributed by atoms with E-state index in [9.17, 15) is 9.59 Å². The summed E-state index contributed by atoms with van der Waals surface area (Å²) in [5.41, 5.74) is 7.83. The molecular formula is C21H32ClN5O2. The Morgan fingerprint density at radius 2 is 1.97 bits per heavy atom. The Hall–Kier alpha value is -1.73. The van der Waals surface area contributed by atoms with E-state index < -0.39 is 0 Å². The van der Waals surface area contributed by atoms with Crippen molar-refractivity contribution in [3.63, 3.8) is 0 Å². The summed E-state index contributed by atoms with van der Waals surface area (Å²) in [6, 6.07) is 0.188. The fourth-order valence-corrected chi connectivity index (χ4v) is 5.05. The highest BCUT2D eigenvalue weighted by Gasteiger charge is 2.42. The minimum absolute atomic E-state index is 0. The normalized spacial score (nSPS) is 26.5. The maximum Gasteiger partial charge on any atom is 0.225 e. The lowest BCUT2D eigenvalue weighted by atomic mass is 9.72. The number of nitrogens with zero attached hydrogens (tertiary/aromatic N) is 4. The number of halogens is 1. The third-order valence-electron chi connectivity index (χ3n) is 6.89. The van der Waals surface area contributed by atoms with Crippen molar-refractivity contribution < 1.29 is 9.59 Å². The average molecular weight is 422 g/mol. The Morgan fingerprint density at radius 3 is 2.59 bits per heavy atom. The zero-order valence-electron chi connectivity index (χ0n) is 17.2.